The van der Waals surface area contributed by atoms with E-state index in [9.17, 15) is 32.5 Å². The van der Waals surface area contributed by atoms with Gasteiger partial charge in [-0.05, 0) is 30.3 Å². The second kappa shape index (κ2) is 8.86. The summed E-state index contributed by atoms with van der Waals surface area (Å²) in [6, 6.07) is 4.77. The highest BCUT2D eigenvalue weighted by Crippen LogP contribution is 2.38. The lowest BCUT2D eigenvalue weighted by Crippen LogP contribution is -2.57. The minimum absolute atomic E-state index is 0.00889. The van der Waals surface area contributed by atoms with Crippen molar-refractivity contribution >= 4 is 45.0 Å². The van der Waals surface area contributed by atoms with Crippen molar-refractivity contribution in [1.29, 1.82) is 0 Å². The molecule has 1 aliphatic heterocycles. The zero-order valence-corrected chi connectivity index (χ0v) is 16.9. The minimum Gasteiger partial charge on any atom is -0.508 e. The van der Waals surface area contributed by atoms with Crippen LogP contribution in [0.5, 0.6) is 11.5 Å². The van der Waals surface area contributed by atoms with Gasteiger partial charge in [0.25, 0.3) is 21.9 Å². The van der Waals surface area contributed by atoms with Crippen molar-refractivity contribution in [2.75, 3.05) is 7.11 Å². The first-order chi connectivity index (χ1) is 15.1. The molecule has 0 unspecified atom stereocenters. The normalized spacial score (nSPS) is 15.2. The molecule has 0 spiro atoms. The largest absolute Gasteiger partial charge is 0.508 e. The van der Waals surface area contributed by atoms with Crippen LogP contribution >= 0.6 is 0 Å². The number of barbiturate groups is 1. The number of phenolic OH excluding ortho intramolecular Hbond substituents is 1. The Hall–Kier alpha value is -4.24. The number of aromatic hydroxyl groups is 1. The standard InChI is InChI=1S/C17H14N6O8S/c1-31-12-6-11(22-23-14-15(25)18-17(27)19-16(14)26)13(32(28,29)30)7-10(12)21-20-8-2-4-9(24)5-3-8/h2-7,14,24H,1H3,(H,28,29,30)(H2,18,19,25,26,27). The van der Waals surface area contributed by atoms with E-state index in [1.807, 2.05) is 10.6 Å². The third-order valence-electron chi connectivity index (χ3n) is 3.91. The smallest absolute Gasteiger partial charge is 0.328 e. The first-order valence-electron chi connectivity index (χ1n) is 8.55. The quantitative estimate of drug-likeness (QED) is 0.282. The van der Waals surface area contributed by atoms with Crippen LogP contribution in [0.15, 0.2) is 61.8 Å². The van der Waals surface area contributed by atoms with Crippen LogP contribution in [0.25, 0.3) is 0 Å². The van der Waals surface area contributed by atoms with Crippen LogP contribution in [-0.2, 0) is 19.7 Å². The van der Waals surface area contributed by atoms with Gasteiger partial charge in [0.05, 0.1) is 12.8 Å². The molecule has 3 rings (SSSR count). The molecule has 1 saturated heterocycles. The van der Waals surface area contributed by atoms with Crippen molar-refractivity contribution < 1.29 is 37.2 Å². The Morgan fingerprint density at radius 1 is 0.938 bits per heavy atom. The maximum absolute atomic E-state index is 11.8. The predicted octanol–water partition coefficient (Wildman–Crippen LogP) is 1.88. The average Bonchev–Trinajstić information content (AvgIpc) is 2.71. The Kier molecular flexibility index (Phi) is 6.22. The lowest BCUT2D eigenvalue weighted by Gasteiger charge is -2.16. The second-order valence-corrected chi connectivity index (χ2v) is 7.50. The molecule has 4 amide bonds. The zero-order valence-electron chi connectivity index (χ0n) is 16.1. The number of phenols is 1. The molecule has 166 valence electrons. The van der Waals surface area contributed by atoms with Gasteiger partial charge >= 0.3 is 6.03 Å². The first kappa shape index (κ1) is 22.4. The van der Waals surface area contributed by atoms with Gasteiger partial charge in [0.1, 0.15) is 27.8 Å². The monoisotopic (exact) mass is 462 g/mol. The first-order valence-corrected chi connectivity index (χ1v) is 9.99. The number of imide groups is 2. The molecule has 1 heterocycles. The van der Waals surface area contributed by atoms with Crippen LogP contribution in [0.1, 0.15) is 0 Å². The Balaban J connectivity index is 2.01. The number of carbonyl (C=O) groups excluding carboxylic acids is 3. The zero-order chi connectivity index (χ0) is 23.5. The summed E-state index contributed by atoms with van der Waals surface area (Å²) in [7, 11) is -3.61. The molecule has 15 heteroatoms. The summed E-state index contributed by atoms with van der Waals surface area (Å²) in [5.74, 6) is -2.15. The summed E-state index contributed by atoms with van der Waals surface area (Å²) in [4.78, 5) is 33.8. The topological polar surface area (TPSA) is 209 Å². The fourth-order valence-corrected chi connectivity index (χ4v) is 3.06. The summed E-state index contributed by atoms with van der Waals surface area (Å²) in [5.41, 5.74) is -0.248. The van der Waals surface area contributed by atoms with E-state index in [-0.39, 0.29) is 17.2 Å². The molecule has 0 saturated carbocycles. The predicted molar refractivity (Wildman–Crippen MR) is 105 cm³/mol. The van der Waals surface area contributed by atoms with Gasteiger partial charge < -0.3 is 9.84 Å². The fraction of sp³-hybridized carbons (Fsp3) is 0.118. The van der Waals surface area contributed by atoms with E-state index in [4.69, 9.17) is 4.74 Å². The van der Waals surface area contributed by atoms with Crippen LogP contribution in [0, 0.1) is 0 Å². The summed E-state index contributed by atoms with van der Waals surface area (Å²) in [6.45, 7) is 0. The molecule has 0 atom stereocenters. The molecule has 1 aliphatic rings. The number of nitrogens with one attached hydrogen (secondary N) is 2. The van der Waals surface area contributed by atoms with E-state index >= 15 is 0 Å². The summed E-state index contributed by atoms with van der Waals surface area (Å²) >= 11 is 0. The summed E-state index contributed by atoms with van der Waals surface area (Å²) in [6.07, 6.45) is 0. The number of methoxy groups -OCH3 is 1. The third-order valence-corrected chi connectivity index (χ3v) is 4.80. The van der Waals surface area contributed by atoms with Gasteiger partial charge in [-0.2, -0.15) is 23.8 Å². The van der Waals surface area contributed by atoms with Gasteiger partial charge in [-0.3, -0.25) is 24.8 Å². The van der Waals surface area contributed by atoms with E-state index in [1.54, 1.807) is 0 Å². The van der Waals surface area contributed by atoms with Crippen molar-refractivity contribution in [3.05, 3.63) is 36.4 Å². The SMILES string of the molecule is COc1cc(N=NC2C(=O)NC(=O)NC2=O)c(S(=O)(=O)O)cc1N=Nc1ccc(O)cc1. The van der Waals surface area contributed by atoms with Crippen molar-refractivity contribution in [3.63, 3.8) is 0 Å². The molecule has 32 heavy (non-hydrogen) atoms. The lowest BCUT2D eigenvalue weighted by molar-refractivity contribution is -0.131. The van der Waals surface area contributed by atoms with Crippen LogP contribution < -0.4 is 15.4 Å². The molecule has 2 aromatic rings. The lowest BCUT2D eigenvalue weighted by atomic mass is 10.2. The van der Waals surface area contributed by atoms with Crippen LogP contribution in [0.2, 0.25) is 0 Å². The third kappa shape index (κ3) is 5.08. The van der Waals surface area contributed by atoms with Gasteiger partial charge in [-0.25, -0.2) is 4.79 Å². The fourth-order valence-electron chi connectivity index (χ4n) is 2.43. The van der Waals surface area contributed by atoms with E-state index in [2.05, 4.69) is 20.5 Å². The number of rotatable bonds is 6. The highest BCUT2D eigenvalue weighted by atomic mass is 32.2. The summed E-state index contributed by atoms with van der Waals surface area (Å²) in [5, 5.41) is 27.7. The van der Waals surface area contributed by atoms with Gasteiger partial charge in [0.15, 0.2) is 0 Å². The number of benzene rings is 2. The number of ether oxygens (including phenoxy) is 1. The van der Waals surface area contributed by atoms with Gasteiger partial charge in [-0.15, -0.1) is 5.11 Å². The maximum atomic E-state index is 11.8. The maximum Gasteiger partial charge on any atom is 0.328 e. The van der Waals surface area contributed by atoms with Crippen molar-refractivity contribution in [1.82, 2.24) is 10.6 Å². The number of carbonyl (C=O) groups is 3. The van der Waals surface area contributed by atoms with Gasteiger partial charge in [0, 0.05) is 6.07 Å². The highest BCUT2D eigenvalue weighted by Gasteiger charge is 2.34. The van der Waals surface area contributed by atoms with Crippen LogP contribution in [-0.4, -0.2) is 49.1 Å². The Morgan fingerprint density at radius 3 is 2.12 bits per heavy atom. The Bertz CT molecular complexity index is 1240. The molecule has 1 fully saturated rings. The van der Waals surface area contributed by atoms with Gasteiger partial charge in [-0.1, -0.05) is 0 Å². The van der Waals surface area contributed by atoms with Gasteiger partial charge in [0.2, 0.25) is 6.04 Å². The number of hydrogen-bond acceptors (Lipinski definition) is 11. The van der Waals surface area contributed by atoms with Crippen molar-refractivity contribution in [3.8, 4) is 11.5 Å². The number of amides is 4. The highest BCUT2D eigenvalue weighted by molar-refractivity contribution is 7.86. The number of nitrogens with zero attached hydrogens (tertiary/aromatic N) is 4. The Labute approximate surface area is 179 Å². The van der Waals surface area contributed by atoms with Crippen LogP contribution in [0.3, 0.4) is 0 Å². The molecular weight excluding hydrogens is 448 g/mol. The Morgan fingerprint density at radius 2 is 1.56 bits per heavy atom. The van der Waals surface area contributed by atoms with Crippen LogP contribution in [0.4, 0.5) is 21.9 Å². The minimum atomic E-state index is -4.86. The van der Waals surface area contributed by atoms with Crippen molar-refractivity contribution in [2.24, 2.45) is 20.5 Å². The average molecular weight is 462 g/mol. The number of azo groups is 2. The van der Waals surface area contributed by atoms with E-state index < -0.39 is 44.6 Å². The van der Waals surface area contributed by atoms with E-state index in [0.717, 1.165) is 12.1 Å². The van der Waals surface area contributed by atoms with E-state index in [1.165, 1.54) is 31.4 Å². The second-order valence-electron chi connectivity index (χ2n) is 6.11. The molecule has 0 aliphatic carbocycles. The molecule has 2 aromatic carbocycles. The summed E-state index contributed by atoms with van der Waals surface area (Å²) < 4.78 is 38.4. The molecule has 0 bridgehead atoms. The molecule has 14 nitrogen and oxygen atoms in total. The number of urea groups is 1. The van der Waals surface area contributed by atoms with Crippen molar-refractivity contribution in [2.45, 2.75) is 10.9 Å². The molecule has 0 aromatic heterocycles. The molecular formula is C17H14N6O8S. The molecule has 4 N–H and O–H groups in total. The number of hydrogen-bond donors (Lipinski definition) is 4. The molecule has 0 radical (unpaired) electrons. The van der Waals surface area contributed by atoms with E-state index in [0.29, 0.717) is 5.69 Å².